The number of aromatic nitrogens is 2. The zero-order chi connectivity index (χ0) is 20.7. The van der Waals surface area contributed by atoms with E-state index in [4.69, 9.17) is 4.74 Å². The number of fused-ring (bicyclic) bond motifs is 1. The molecule has 0 saturated carbocycles. The molecule has 0 aliphatic carbocycles. The standard InChI is InChI=1S/C24H18FN3O2/c1-30-19-12-10-15(11-13-19)21-20-22(27-26-21)24(29)28(18-8-3-2-4-9-18)23(20)16-6-5-7-17(25)14-16/h2-14,23H,1H3,(H,26,27). The van der Waals surface area contributed by atoms with Crippen molar-refractivity contribution < 1.29 is 13.9 Å². The van der Waals surface area contributed by atoms with E-state index in [2.05, 4.69) is 10.2 Å². The molecular weight excluding hydrogens is 381 g/mol. The van der Waals surface area contributed by atoms with Gasteiger partial charge in [-0.15, -0.1) is 0 Å². The van der Waals surface area contributed by atoms with Gasteiger partial charge in [0.15, 0.2) is 0 Å². The highest BCUT2D eigenvalue weighted by Gasteiger charge is 2.43. The van der Waals surface area contributed by atoms with Crippen molar-refractivity contribution in [1.82, 2.24) is 10.2 Å². The highest BCUT2D eigenvalue weighted by Crippen LogP contribution is 2.45. The average molecular weight is 399 g/mol. The van der Waals surface area contributed by atoms with Crippen LogP contribution in [0, 0.1) is 5.82 Å². The van der Waals surface area contributed by atoms with Crippen LogP contribution in [0.15, 0.2) is 78.9 Å². The number of rotatable bonds is 4. The zero-order valence-corrected chi connectivity index (χ0v) is 16.2. The van der Waals surface area contributed by atoms with Gasteiger partial charge in [-0.05, 0) is 54.1 Å². The first-order valence-corrected chi connectivity index (χ1v) is 9.54. The lowest BCUT2D eigenvalue weighted by molar-refractivity contribution is 0.0988. The van der Waals surface area contributed by atoms with Crippen LogP contribution in [-0.4, -0.2) is 23.2 Å². The Morgan fingerprint density at radius 1 is 1.00 bits per heavy atom. The van der Waals surface area contributed by atoms with Gasteiger partial charge in [-0.25, -0.2) is 4.39 Å². The number of hydrogen-bond donors (Lipinski definition) is 1. The lowest BCUT2D eigenvalue weighted by Crippen LogP contribution is -2.29. The van der Waals surface area contributed by atoms with E-state index in [1.165, 1.54) is 12.1 Å². The number of nitrogens with one attached hydrogen (secondary N) is 1. The maximum atomic E-state index is 14.1. The molecule has 5 rings (SSSR count). The Morgan fingerprint density at radius 3 is 2.47 bits per heavy atom. The fourth-order valence-corrected chi connectivity index (χ4v) is 3.96. The number of anilines is 1. The number of carbonyl (C=O) groups excluding carboxylic acids is 1. The molecule has 0 radical (unpaired) electrons. The summed E-state index contributed by atoms with van der Waals surface area (Å²) in [6.07, 6.45) is 0. The highest BCUT2D eigenvalue weighted by molar-refractivity contribution is 6.11. The van der Waals surface area contributed by atoms with E-state index in [1.54, 1.807) is 18.1 Å². The molecule has 1 amide bonds. The number of H-pyrrole nitrogens is 1. The van der Waals surface area contributed by atoms with E-state index >= 15 is 0 Å². The van der Waals surface area contributed by atoms with Gasteiger partial charge in [0.25, 0.3) is 5.91 Å². The van der Waals surface area contributed by atoms with Gasteiger partial charge >= 0.3 is 0 Å². The van der Waals surface area contributed by atoms with Crippen LogP contribution < -0.4 is 9.64 Å². The molecule has 4 aromatic rings. The fraction of sp³-hybridized carbons (Fsp3) is 0.0833. The van der Waals surface area contributed by atoms with Gasteiger partial charge in [-0.3, -0.25) is 14.8 Å². The van der Waals surface area contributed by atoms with Crippen molar-refractivity contribution in [2.75, 3.05) is 12.0 Å². The molecule has 6 heteroatoms. The van der Waals surface area contributed by atoms with Gasteiger partial charge in [0.1, 0.15) is 17.3 Å². The first-order chi connectivity index (χ1) is 14.7. The number of amides is 1. The summed E-state index contributed by atoms with van der Waals surface area (Å²) >= 11 is 0. The van der Waals surface area contributed by atoms with Crippen molar-refractivity contribution in [3.63, 3.8) is 0 Å². The van der Waals surface area contributed by atoms with E-state index < -0.39 is 6.04 Å². The number of hydrogen-bond acceptors (Lipinski definition) is 3. The van der Waals surface area contributed by atoms with Crippen LogP contribution in [-0.2, 0) is 0 Å². The molecule has 1 aliphatic rings. The third-order valence-electron chi connectivity index (χ3n) is 5.33. The quantitative estimate of drug-likeness (QED) is 0.527. The lowest BCUT2D eigenvalue weighted by Gasteiger charge is -2.26. The Balaban J connectivity index is 1.71. The fourth-order valence-electron chi connectivity index (χ4n) is 3.96. The normalized spacial score (nSPS) is 15.3. The zero-order valence-electron chi connectivity index (χ0n) is 16.2. The summed E-state index contributed by atoms with van der Waals surface area (Å²) in [7, 11) is 1.61. The monoisotopic (exact) mass is 399 g/mol. The van der Waals surface area contributed by atoms with E-state index in [-0.39, 0.29) is 11.7 Å². The predicted molar refractivity (Wildman–Crippen MR) is 112 cm³/mol. The molecule has 2 heterocycles. The Hall–Kier alpha value is -3.93. The second-order valence-corrected chi connectivity index (χ2v) is 7.06. The average Bonchev–Trinajstić information content (AvgIpc) is 3.33. The van der Waals surface area contributed by atoms with Crippen molar-refractivity contribution in [1.29, 1.82) is 0 Å². The SMILES string of the molecule is COc1ccc(-c2n[nH]c3c2C(c2cccc(F)c2)N(c2ccccc2)C3=O)cc1. The number of aromatic amines is 1. The van der Waals surface area contributed by atoms with Gasteiger partial charge in [0.2, 0.25) is 0 Å². The molecule has 1 N–H and O–H groups in total. The number of para-hydroxylation sites is 1. The minimum atomic E-state index is -0.499. The smallest absolute Gasteiger partial charge is 0.277 e. The molecule has 1 aliphatic heterocycles. The second-order valence-electron chi connectivity index (χ2n) is 7.06. The van der Waals surface area contributed by atoms with E-state index in [0.29, 0.717) is 17.0 Å². The maximum Gasteiger partial charge on any atom is 0.277 e. The van der Waals surface area contributed by atoms with Crippen molar-refractivity contribution in [2.24, 2.45) is 0 Å². The van der Waals surface area contributed by atoms with Crippen LogP contribution in [0.1, 0.15) is 27.7 Å². The van der Waals surface area contributed by atoms with Crippen LogP contribution in [0.3, 0.4) is 0 Å². The molecule has 1 aromatic heterocycles. The summed E-state index contributed by atoms with van der Waals surface area (Å²) in [4.78, 5) is 15.0. The van der Waals surface area contributed by atoms with E-state index in [9.17, 15) is 9.18 Å². The number of ether oxygens (including phenoxy) is 1. The summed E-state index contributed by atoms with van der Waals surface area (Å²) in [6.45, 7) is 0. The Bertz CT molecular complexity index is 1220. The van der Waals surface area contributed by atoms with Crippen molar-refractivity contribution in [3.8, 4) is 17.0 Å². The summed E-state index contributed by atoms with van der Waals surface area (Å²) in [6, 6.07) is 22.7. The van der Waals surface area contributed by atoms with Crippen LogP contribution >= 0.6 is 0 Å². The van der Waals surface area contributed by atoms with Gasteiger partial charge < -0.3 is 4.74 Å². The highest BCUT2D eigenvalue weighted by atomic mass is 19.1. The van der Waals surface area contributed by atoms with Crippen molar-refractivity contribution in [2.45, 2.75) is 6.04 Å². The first-order valence-electron chi connectivity index (χ1n) is 9.54. The van der Waals surface area contributed by atoms with Crippen molar-refractivity contribution in [3.05, 3.63) is 102 Å². The van der Waals surface area contributed by atoms with Crippen LogP contribution in [0.25, 0.3) is 11.3 Å². The number of nitrogens with zero attached hydrogens (tertiary/aromatic N) is 2. The molecular formula is C24H18FN3O2. The van der Waals surface area contributed by atoms with E-state index in [0.717, 1.165) is 22.6 Å². The molecule has 0 bridgehead atoms. The van der Waals surface area contributed by atoms with Crippen molar-refractivity contribution >= 4 is 11.6 Å². The molecule has 0 saturated heterocycles. The van der Waals surface area contributed by atoms with E-state index in [1.807, 2.05) is 60.7 Å². The summed E-state index contributed by atoms with van der Waals surface area (Å²) < 4.78 is 19.4. The predicted octanol–water partition coefficient (Wildman–Crippen LogP) is 4.97. The molecule has 3 aromatic carbocycles. The van der Waals surface area contributed by atoms with Crippen LogP contribution in [0.4, 0.5) is 10.1 Å². The van der Waals surface area contributed by atoms with Gasteiger partial charge in [0.05, 0.1) is 18.8 Å². The third kappa shape index (κ3) is 2.85. The van der Waals surface area contributed by atoms with Crippen LogP contribution in [0.2, 0.25) is 0 Å². The maximum absolute atomic E-state index is 14.1. The molecule has 0 spiro atoms. The molecule has 30 heavy (non-hydrogen) atoms. The Labute approximate surface area is 172 Å². The summed E-state index contributed by atoms with van der Waals surface area (Å²) in [5.74, 6) is 0.184. The summed E-state index contributed by atoms with van der Waals surface area (Å²) in [5.41, 5.74) is 4.08. The third-order valence-corrected chi connectivity index (χ3v) is 5.33. The Morgan fingerprint density at radius 2 is 1.77 bits per heavy atom. The number of halogens is 1. The van der Waals surface area contributed by atoms with Gasteiger partial charge in [-0.1, -0.05) is 30.3 Å². The number of methoxy groups -OCH3 is 1. The second kappa shape index (κ2) is 7.15. The number of benzene rings is 3. The number of carbonyl (C=O) groups is 1. The molecule has 0 fully saturated rings. The van der Waals surface area contributed by atoms with Gasteiger partial charge in [-0.2, -0.15) is 5.10 Å². The minimum absolute atomic E-state index is 0.197. The van der Waals surface area contributed by atoms with Gasteiger partial charge in [0, 0.05) is 16.8 Å². The largest absolute Gasteiger partial charge is 0.497 e. The lowest BCUT2D eigenvalue weighted by atomic mass is 9.95. The topological polar surface area (TPSA) is 58.2 Å². The molecule has 1 atom stereocenters. The van der Waals surface area contributed by atoms with Crippen LogP contribution in [0.5, 0.6) is 5.75 Å². The molecule has 148 valence electrons. The molecule has 1 unspecified atom stereocenters. The summed E-state index contributed by atoms with van der Waals surface area (Å²) in [5, 5.41) is 7.34. The first kappa shape index (κ1) is 18.1. The Kier molecular flexibility index (Phi) is 4.32. The minimum Gasteiger partial charge on any atom is -0.497 e. The molecule has 5 nitrogen and oxygen atoms in total.